The number of hydrogen-bond acceptors (Lipinski definition) is 3. The molecule has 0 spiro atoms. The number of aromatic nitrogens is 1. The standard InChI is InChI=1S/C8H11F2N3/c1-4-6(7(9)10)2-5(3-11)8(12)13-4/h2,7H,3,11H2,1H3,(H2,12,13). The number of halogens is 2. The number of alkyl halides is 2. The first kappa shape index (κ1) is 9.85. The maximum absolute atomic E-state index is 12.4. The molecule has 0 unspecified atom stereocenters. The molecule has 0 bridgehead atoms. The fourth-order valence-corrected chi connectivity index (χ4v) is 1.07. The maximum atomic E-state index is 12.4. The smallest absolute Gasteiger partial charge is 0.265 e. The van der Waals surface area contributed by atoms with Crippen LogP contribution in [0, 0.1) is 6.92 Å². The topological polar surface area (TPSA) is 64.9 Å². The van der Waals surface area contributed by atoms with Gasteiger partial charge in [-0.25, -0.2) is 13.8 Å². The van der Waals surface area contributed by atoms with E-state index in [1.54, 1.807) is 0 Å². The van der Waals surface area contributed by atoms with Crippen LogP contribution in [0.2, 0.25) is 0 Å². The van der Waals surface area contributed by atoms with Crippen LogP contribution in [-0.4, -0.2) is 4.98 Å². The molecule has 1 rings (SSSR count). The van der Waals surface area contributed by atoms with Crippen molar-refractivity contribution in [2.75, 3.05) is 5.73 Å². The summed E-state index contributed by atoms with van der Waals surface area (Å²) in [5, 5.41) is 0. The van der Waals surface area contributed by atoms with E-state index in [9.17, 15) is 8.78 Å². The van der Waals surface area contributed by atoms with Gasteiger partial charge in [0.1, 0.15) is 5.82 Å². The Morgan fingerprint density at radius 3 is 2.62 bits per heavy atom. The van der Waals surface area contributed by atoms with Crippen molar-refractivity contribution in [3.63, 3.8) is 0 Å². The average Bonchev–Trinajstić information content (AvgIpc) is 2.03. The monoisotopic (exact) mass is 187 g/mol. The molecule has 3 nitrogen and oxygen atoms in total. The van der Waals surface area contributed by atoms with Crippen molar-refractivity contribution >= 4 is 5.82 Å². The second kappa shape index (κ2) is 3.66. The normalized spacial score (nSPS) is 10.8. The van der Waals surface area contributed by atoms with Crippen molar-refractivity contribution in [3.8, 4) is 0 Å². The van der Waals surface area contributed by atoms with Gasteiger partial charge in [-0.3, -0.25) is 0 Å². The zero-order valence-corrected chi connectivity index (χ0v) is 7.22. The van der Waals surface area contributed by atoms with Gasteiger partial charge in [0.05, 0.1) is 0 Å². The zero-order valence-electron chi connectivity index (χ0n) is 7.22. The van der Waals surface area contributed by atoms with Crippen molar-refractivity contribution in [2.24, 2.45) is 5.73 Å². The Balaban J connectivity index is 3.22. The molecule has 0 saturated heterocycles. The highest BCUT2D eigenvalue weighted by molar-refractivity contribution is 5.43. The van der Waals surface area contributed by atoms with Gasteiger partial charge in [-0.1, -0.05) is 0 Å². The summed E-state index contributed by atoms with van der Waals surface area (Å²) in [4.78, 5) is 3.78. The van der Waals surface area contributed by atoms with Crippen LogP contribution in [0.1, 0.15) is 23.2 Å². The van der Waals surface area contributed by atoms with Gasteiger partial charge in [0, 0.05) is 23.4 Å². The van der Waals surface area contributed by atoms with Crippen molar-refractivity contribution < 1.29 is 8.78 Å². The Labute approximate surface area is 74.8 Å². The van der Waals surface area contributed by atoms with Crippen LogP contribution in [0.3, 0.4) is 0 Å². The summed E-state index contributed by atoms with van der Waals surface area (Å²) < 4.78 is 24.7. The predicted octanol–water partition coefficient (Wildman–Crippen LogP) is 1.37. The van der Waals surface area contributed by atoms with Gasteiger partial charge in [-0.15, -0.1) is 0 Å². The van der Waals surface area contributed by atoms with E-state index in [2.05, 4.69) is 4.98 Å². The molecule has 0 radical (unpaired) electrons. The lowest BCUT2D eigenvalue weighted by Crippen LogP contribution is -2.07. The van der Waals surface area contributed by atoms with Crippen molar-refractivity contribution in [1.29, 1.82) is 0 Å². The zero-order chi connectivity index (χ0) is 10.0. The summed E-state index contributed by atoms with van der Waals surface area (Å²) in [6.45, 7) is 1.62. The molecule has 1 heterocycles. The van der Waals surface area contributed by atoms with Gasteiger partial charge in [0.15, 0.2) is 0 Å². The van der Waals surface area contributed by atoms with Crippen LogP contribution in [0.25, 0.3) is 0 Å². The third-order valence-corrected chi connectivity index (χ3v) is 1.82. The fraction of sp³-hybridized carbons (Fsp3) is 0.375. The quantitative estimate of drug-likeness (QED) is 0.734. The SMILES string of the molecule is Cc1nc(N)c(CN)cc1C(F)F. The minimum Gasteiger partial charge on any atom is -0.383 e. The van der Waals surface area contributed by atoms with E-state index >= 15 is 0 Å². The molecule has 0 fully saturated rings. The van der Waals surface area contributed by atoms with Gasteiger partial charge in [-0.05, 0) is 13.0 Å². The van der Waals surface area contributed by atoms with Crippen LogP contribution < -0.4 is 11.5 Å². The van der Waals surface area contributed by atoms with Gasteiger partial charge in [-0.2, -0.15) is 0 Å². The van der Waals surface area contributed by atoms with Gasteiger partial charge in [0.25, 0.3) is 6.43 Å². The number of rotatable bonds is 2. The fourth-order valence-electron chi connectivity index (χ4n) is 1.07. The maximum Gasteiger partial charge on any atom is 0.265 e. The van der Waals surface area contributed by atoms with E-state index in [0.717, 1.165) is 0 Å². The van der Waals surface area contributed by atoms with Crippen LogP contribution in [0.4, 0.5) is 14.6 Å². The first-order valence-corrected chi connectivity index (χ1v) is 3.80. The van der Waals surface area contributed by atoms with Crippen molar-refractivity contribution in [1.82, 2.24) is 4.98 Å². The van der Waals surface area contributed by atoms with E-state index in [1.807, 2.05) is 0 Å². The minimum atomic E-state index is -2.53. The van der Waals surface area contributed by atoms with Gasteiger partial charge < -0.3 is 11.5 Å². The molecule has 0 amide bonds. The number of anilines is 1. The van der Waals surface area contributed by atoms with E-state index in [1.165, 1.54) is 13.0 Å². The lowest BCUT2D eigenvalue weighted by molar-refractivity contribution is 0.150. The molecule has 0 aliphatic carbocycles. The number of aryl methyl sites for hydroxylation is 1. The van der Waals surface area contributed by atoms with Crippen LogP contribution in [-0.2, 0) is 6.54 Å². The second-order valence-electron chi connectivity index (χ2n) is 2.71. The first-order chi connectivity index (χ1) is 6.06. The summed E-state index contributed by atoms with van der Waals surface area (Å²) in [7, 11) is 0. The van der Waals surface area contributed by atoms with E-state index in [4.69, 9.17) is 11.5 Å². The number of hydrogen-bond donors (Lipinski definition) is 2. The number of nitrogen functional groups attached to an aromatic ring is 1. The van der Waals surface area contributed by atoms with Crippen molar-refractivity contribution in [3.05, 3.63) is 22.9 Å². The number of pyridine rings is 1. The number of nitrogens with two attached hydrogens (primary N) is 2. The first-order valence-electron chi connectivity index (χ1n) is 3.80. The molecule has 72 valence electrons. The molecule has 0 atom stereocenters. The average molecular weight is 187 g/mol. The summed E-state index contributed by atoms with van der Waals surface area (Å²) >= 11 is 0. The lowest BCUT2D eigenvalue weighted by atomic mass is 10.1. The van der Waals surface area contributed by atoms with Crippen LogP contribution in [0.15, 0.2) is 6.07 Å². The van der Waals surface area contributed by atoms with Gasteiger partial charge >= 0.3 is 0 Å². The van der Waals surface area contributed by atoms with E-state index < -0.39 is 6.43 Å². The summed E-state index contributed by atoms with van der Waals surface area (Å²) in [5.74, 6) is 0.226. The molecule has 4 N–H and O–H groups in total. The molecule has 1 aromatic heterocycles. The highest BCUT2D eigenvalue weighted by atomic mass is 19.3. The molecular formula is C8H11F2N3. The Hall–Kier alpha value is -1.23. The Morgan fingerprint density at radius 2 is 2.15 bits per heavy atom. The van der Waals surface area contributed by atoms with E-state index in [-0.39, 0.29) is 23.6 Å². The van der Waals surface area contributed by atoms with Crippen molar-refractivity contribution in [2.45, 2.75) is 19.9 Å². The molecular weight excluding hydrogens is 176 g/mol. The summed E-state index contributed by atoms with van der Waals surface area (Å²) in [5.41, 5.74) is 11.4. The lowest BCUT2D eigenvalue weighted by Gasteiger charge is -2.08. The molecule has 0 aromatic carbocycles. The minimum absolute atomic E-state index is 0.102. The Kier molecular flexibility index (Phi) is 2.77. The Bertz CT molecular complexity index is 313. The van der Waals surface area contributed by atoms with Crippen LogP contribution in [0.5, 0.6) is 0 Å². The summed E-state index contributed by atoms with van der Waals surface area (Å²) in [6.07, 6.45) is -2.53. The molecule has 5 heteroatoms. The third-order valence-electron chi connectivity index (χ3n) is 1.82. The molecule has 0 saturated carbocycles. The summed E-state index contributed by atoms with van der Waals surface area (Å²) in [6, 6.07) is 1.31. The Morgan fingerprint density at radius 1 is 1.54 bits per heavy atom. The highest BCUT2D eigenvalue weighted by Crippen LogP contribution is 2.24. The molecule has 0 aliphatic rings. The molecule has 1 aromatic rings. The molecule has 0 aliphatic heterocycles. The highest BCUT2D eigenvalue weighted by Gasteiger charge is 2.13. The van der Waals surface area contributed by atoms with Crippen LogP contribution >= 0.6 is 0 Å². The third kappa shape index (κ3) is 1.92. The van der Waals surface area contributed by atoms with E-state index in [0.29, 0.717) is 5.56 Å². The predicted molar refractivity (Wildman–Crippen MR) is 46.2 cm³/mol. The second-order valence-corrected chi connectivity index (χ2v) is 2.71. The molecule has 13 heavy (non-hydrogen) atoms. The largest absolute Gasteiger partial charge is 0.383 e. The van der Waals surface area contributed by atoms with Gasteiger partial charge in [0.2, 0.25) is 0 Å². The number of nitrogens with zero attached hydrogens (tertiary/aromatic N) is 1.